The van der Waals surface area contributed by atoms with Crippen molar-refractivity contribution in [2.45, 2.75) is 38.7 Å². The molecule has 2 amide bonds. The lowest BCUT2D eigenvalue weighted by atomic mass is 10.0. The molecule has 0 aliphatic carbocycles. The largest absolute Gasteiger partial charge is 0.393 e. The Balaban J connectivity index is 1.96. The fraction of sp³-hybridized carbons (Fsp3) is 0.625. The van der Waals surface area contributed by atoms with E-state index in [4.69, 9.17) is 0 Å². The Labute approximate surface area is 135 Å². The molecule has 1 N–H and O–H groups in total. The fourth-order valence-electron chi connectivity index (χ4n) is 2.61. The van der Waals surface area contributed by atoms with Crippen LogP contribution in [0.25, 0.3) is 0 Å². The van der Waals surface area contributed by atoms with Crippen LogP contribution in [0.2, 0.25) is 0 Å². The number of carbonyl (C=O) groups is 2. The third-order valence-corrected chi connectivity index (χ3v) is 4.97. The first-order valence-electron chi connectivity index (χ1n) is 7.68. The molecule has 0 radical (unpaired) electrons. The maximum atomic E-state index is 12.5. The van der Waals surface area contributed by atoms with E-state index in [-0.39, 0.29) is 30.4 Å². The number of amides is 2. The van der Waals surface area contributed by atoms with E-state index in [9.17, 15) is 14.7 Å². The molecule has 0 unspecified atom stereocenters. The molecule has 1 aromatic heterocycles. The topological polar surface area (TPSA) is 60.9 Å². The minimum atomic E-state index is -0.303. The molecule has 0 aromatic carbocycles. The van der Waals surface area contributed by atoms with Crippen molar-refractivity contribution in [3.63, 3.8) is 0 Å². The van der Waals surface area contributed by atoms with Gasteiger partial charge in [0, 0.05) is 20.1 Å². The van der Waals surface area contributed by atoms with Gasteiger partial charge in [-0.2, -0.15) is 0 Å². The Morgan fingerprint density at radius 1 is 1.41 bits per heavy atom. The van der Waals surface area contributed by atoms with Gasteiger partial charge in [0.15, 0.2) is 0 Å². The molecule has 0 bridgehead atoms. The molecule has 0 atom stereocenters. The quantitative estimate of drug-likeness (QED) is 0.920. The normalized spacial score (nSPS) is 16.1. The summed E-state index contributed by atoms with van der Waals surface area (Å²) in [5.41, 5.74) is 1.04. The van der Waals surface area contributed by atoms with Crippen LogP contribution >= 0.6 is 11.3 Å². The van der Waals surface area contributed by atoms with Crippen molar-refractivity contribution < 1.29 is 14.7 Å². The van der Waals surface area contributed by atoms with Gasteiger partial charge in [0.1, 0.15) is 0 Å². The van der Waals surface area contributed by atoms with Gasteiger partial charge in [0.25, 0.3) is 5.91 Å². The molecule has 0 saturated carbocycles. The van der Waals surface area contributed by atoms with Crippen LogP contribution in [0.3, 0.4) is 0 Å². The minimum absolute atomic E-state index is 0.0506. The van der Waals surface area contributed by atoms with Crippen LogP contribution in [0, 0.1) is 0 Å². The van der Waals surface area contributed by atoms with Gasteiger partial charge in [-0.05, 0) is 35.8 Å². The van der Waals surface area contributed by atoms with Crippen molar-refractivity contribution in [3.05, 3.63) is 21.9 Å². The molecule has 0 spiro atoms. The number of aliphatic hydroxyl groups excluding tert-OH is 1. The number of nitrogens with zero attached hydrogens (tertiary/aromatic N) is 2. The number of carbonyl (C=O) groups excluding carboxylic acids is 2. The minimum Gasteiger partial charge on any atom is -0.393 e. The standard InChI is InChI=1S/C16H24N2O3S/c1-11(2)13-6-9-22-15(13)16(21)17(3)10-14(20)18-7-4-12(19)5-8-18/h6,9,11-12,19H,4-5,7-8,10H2,1-3H3. The van der Waals surface area contributed by atoms with Gasteiger partial charge in [0.05, 0.1) is 17.5 Å². The second-order valence-electron chi connectivity index (χ2n) is 6.13. The van der Waals surface area contributed by atoms with E-state index in [0.29, 0.717) is 25.9 Å². The molecule has 6 heteroatoms. The summed E-state index contributed by atoms with van der Waals surface area (Å²) < 4.78 is 0. The average Bonchev–Trinajstić information content (AvgIpc) is 2.96. The highest BCUT2D eigenvalue weighted by Crippen LogP contribution is 2.25. The van der Waals surface area contributed by atoms with Crippen LogP contribution in [0.5, 0.6) is 0 Å². The van der Waals surface area contributed by atoms with Crippen LogP contribution in [0.15, 0.2) is 11.4 Å². The van der Waals surface area contributed by atoms with Crippen LogP contribution in [0.4, 0.5) is 0 Å². The first-order valence-corrected chi connectivity index (χ1v) is 8.56. The molecule has 22 heavy (non-hydrogen) atoms. The Hall–Kier alpha value is -1.40. The molecule has 2 heterocycles. The second-order valence-corrected chi connectivity index (χ2v) is 7.05. The van der Waals surface area contributed by atoms with Crippen LogP contribution < -0.4 is 0 Å². The first kappa shape index (κ1) is 17.0. The summed E-state index contributed by atoms with van der Waals surface area (Å²) in [4.78, 5) is 28.7. The summed E-state index contributed by atoms with van der Waals surface area (Å²) in [6.07, 6.45) is 0.931. The lowest BCUT2D eigenvalue weighted by molar-refractivity contribution is -0.133. The van der Waals surface area contributed by atoms with Gasteiger partial charge < -0.3 is 14.9 Å². The predicted molar refractivity (Wildman–Crippen MR) is 87.2 cm³/mol. The van der Waals surface area contributed by atoms with Gasteiger partial charge in [-0.3, -0.25) is 9.59 Å². The monoisotopic (exact) mass is 324 g/mol. The SMILES string of the molecule is CC(C)c1ccsc1C(=O)N(C)CC(=O)N1CCC(O)CC1. The molecule has 2 rings (SSSR count). The number of piperidine rings is 1. The van der Waals surface area contributed by atoms with Crippen LogP contribution in [-0.2, 0) is 4.79 Å². The summed E-state index contributed by atoms with van der Waals surface area (Å²) in [6.45, 7) is 5.34. The Morgan fingerprint density at radius 2 is 2.05 bits per heavy atom. The van der Waals surface area contributed by atoms with Crippen LogP contribution in [-0.4, -0.2) is 59.5 Å². The predicted octanol–water partition coefficient (Wildman–Crippen LogP) is 1.93. The van der Waals surface area contributed by atoms with Gasteiger partial charge in [0.2, 0.25) is 5.91 Å². The Morgan fingerprint density at radius 3 is 2.64 bits per heavy atom. The molecule has 1 fully saturated rings. The molecule has 1 aliphatic rings. The maximum absolute atomic E-state index is 12.5. The number of rotatable bonds is 4. The average molecular weight is 324 g/mol. The molecule has 1 aromatic rings. The Kier molecular flexibility index (Phi) is 5.58. The van der Waals surface area contributed by atoms with Gasteiger partial charge in [-0.15, -0.1) is 11.3 Å². The third kappa shape index (κ3) is 3.87. The number of likely N-dealkylation sites (tertiary alicyclic amines) is 1. The molecule has 1 aliphatic heterocycles. The zero-order valence-corrected chi connectivity index (χ0v) is 14.2. The second kappa shape index (κ2) is 7.24. The number of aliphatic hydroxyl groups is 1. The highest BCUT2D eigenvalue weighted by Gasteiger charge is 2.25. The van der Waals surface area contributed by atoms with Crippen LogP contribution in [0.1, 0.15) is 47.8 Å². The van der Waals surface area contributed by atoms with Crippen molar-refractivity contribution in [3.8, 4) is 0 Å². The summed E-state index contributed by atoms with van der Waals surface area (Å²) in [7, 11) is 1.67. The highest BCUT2D eigenvalue weighted by molar-refractivity contribution is 7.12. The van der Waals surface area contributed by atoms with E-state index in [0.717, 1.165) is 10.4 Å². The number of likely N-dealkylation sites (N-methyl/N-ethyl adjacent to an activating group) is 1. The number of hydrogen-bond acceptors (Lipinski definition) is 4. The summed E-state index contributed by atoms with van der Waals surface area (Å²) >= 11 is 1.43. The molecular formula is C16H24N2O3S. The van der Waals surface area contributed by atoms with E-state index >= 15 is 0 Å². The molecule has 122 valence electrons. The lowest BCUT2D eigenvalue weighted by Crippen LogP contribution is -2.45. The number of thiophene rings is 1. The van der Waals surface area contributed by atoms with E-state index in [1.807, 2.05) is 11.4 Å². The van der Waals surface area contributed by atoms with E-state index in [2.05, 4.69) is 13.8 Å². The molecule has 1 saturated heterocycles. The van der Waals surface area contributed by atoms with Gasteiger partial charge in [-0.1, -0.05) is 13.8 Å². The van der Waals surface area contributed by atoms with Crippen molar-refractivity contribution in [2.75, 3.05) is 26.7 Å². The maximum Gasteiger partial charge on any atom is 0.264 e. The van der Waals surface area contributed by atoms with Crippen molar-refractivity contribution >= 4 is 23.2 Å². The summed E-state index contributed by atoms with van der Waals surface area (Å²) in [6, 6.07) is 1.98. The highest BCUT2D eigenvalue weighted by atomic mass is 32.1. The van der Waals surface area contributed by atoms with E-state index in [1.54, 1.807) is 11.9 Å². The fourth-order valence-corrected chi connectivity index (χ4v) is 3.66. The van der Waals surface area contributed by atoms with Crippen molar-refractivity contribution in [1.82, 2.24) is 9.80 Å². The van der Waals surface area contributed by atoms with E-state index < -0.39 is 0 Å². The summed E-state index contributed by atoms with van der Waals surface area (Å²) in [5, 5.41) is 11.4. The third-order valence-electron chi connectivity index (χ3n) is 4.05. The number of hydrogen-bond donors (Lipinski definition) is 1. The molecule has 5 nitrogen and oxygen atoms in total. The van der Waals surface area contributed by atoms with Gasteiger partial charge >= 0.3 is 0 Å². The molecular weight excluding hydrogens is 300 g/mol. The van der Waals surface area contributed by atoms with Gasteiger partial charge in [-0.25, -0.2) is 0 Å². The van der Waals surface area contributed by atoms with E-state index in [1.165, 1.54) is 16.2 Å². The smallest absolute Gasteiger partial charge is 0.264 e. The zero-order chi connectivity index (χ0) is 16.3. The summed E-state index contributed by atoms with van der Waals surface area (Å²) in [5.74, 6) is 0.146. The zero-order valence-electron chi connectivity index (χ0n) is 13.4. The van der Waals surface area contributed by atoms with Crippen molar-refractivity contribution in [1.29, 1.82) is 0 Å². The Bertz CT molecular complexity index is 533. The first-order chi connectivity index (χ1) is 10.4. The lowest BCUT2D eigenvalue weighted by Gasteiger charge is -2.31. The van der Waals surface area contributed by atoms with Crippen molar-refractivity contribution in [2.24, 2.45) is 0 Å².